The summed E-state index contributed by atoms with van der Waals surface area (Å²) in [6, 6.07) is 14.2. The molecule has 0 atom stereocenters. The number of nitrogens with zero attached hydrogens (tertiary/aromatic N) is 2. The van der Waals surface area contributed by atoms with Crippen LogP contribution in [0.3, 0.4) is 0 Å². The Balaban J connectivity index is 1.41. The number of carbonyl (C=O) groups is 1. The maximum Gasteiger partial charge on any atom is 0.269 e. The van der Waals surface area contributed by atoms with Crippen molar-refractivity contribution in [3.63, 3.8) is 0 Å². The largest absolute Gasteiger partial charge is 0.352 e. The van der Waals surface area contributed by atoms with Crippen LogP contribution in [-0.4, -0.2) is 35.4 Å². The van der Waals surface area contributed by atoms with Crippen molar-refractivity contribution in [3.8, 4) is 0 Å². The molecule has 3 rings (SSSR count). The van der Waals surface area contributed by atoms with Crippen molar-refractivity contribution in [2.24, 2.45) is 0 Å². The van der Waals surface area contributed by atoms with E-state index in [1.165, 1.54) is 35.4 Å². The second kappa shape index (κ2) is 7.90. The monoisotopic (exact) mass is 339 g/mol. The van der Waals surface area contributed by atoms with Crippen LogP contribution in [0.4, 0.5) is 5.69 Å². The predicted molar refractivity (Wildman–Crippen MR) is 95.5 cm³/mol. The van der Waals surface area contributed by atoms with Gasteiger partial charge in [0.05, 0.1) is 4.92 Å². The molecule has 0 fully saturated rings. The molecule has 0 spiro atoms. The van der Waals surface area contributed by atoms with E-state index < -0.39 is 4.92 Å². The number of hydrogen-bond donors (Lipinski definition) is 1. The van der Waals surface area contributed by atoms with Gasteiger partial charge < -0.3 is 5.32 Å². The minimum atomic E-state index is -0.474. The van der Waals surface area contributed by atoms with Crippen LogP contribution in [-0.2, 0) is 13.0 Å². The second-order valence-electron chi connectivity index (χ2n) is 6.21. The van der Waals surface area contributed by atoms with Gasteiger partial charge in [-0.1, -0.05) is 24.3 Å². The molecule has 2 aromatic rings. The summed E-state index contributed by atoms with van der Waals surface area (Å²) in [4.78, 5) is 24.6. The molecular formula is C19H21N3O3. The van der Waals surface area contributed by atoms with Crippen LogP contribution in [0.15, 0.2) is 48.5 Å². The number of hydrogen-bond acceptors (Lipinski definition) is 4. The summed E-state index contributed by atoms with van der Waals surface area (Å²) in [6.07, 6.45) is 1.95. The van der Waals surface area contributed by atoms with Crippen molar-refractivity contribution in [2.45, 2.75) is 19.4 Å². The number of nitrogens with one attached hydrogen (secondary N) is 1. The first-order valence-electron chi connectivity index (χ1n) is 8.45. The first-order valence-corrected chi connectivity index (χ1v) is 8.45. The molecule has 130 valence electrons. The van der Waals surface area contributed by atoms with Crippen LogP contribution in [0.25, 0.3) is 0 Å². The Morgan fingerprint density at radius 2 is 1.84 bits per heavy atom. The third kappa shape index (κ3) is 4.42. The number of benzene rings is 2. The highest BCUT2D eigenvalue weighted by Gasteiger charge is 2.15. The second-order valence-corrected chi connectivity index (χ2v) is 6.21. The molecule has 0 unspecified atom stereocenters. The number of non-ortho nitro benzene ring substituents is 1. The highest BCUT2D eigenvalue weighted by molar-refractivity contribution is 5.94. The van der Waals surface area contributed by atoms with E-state index in [0.29, 0.717) is 12.1 Å². The summed E-state index contributed by atoms with van der Waals surface area (Å²) in [5.74, 6) is -0.195. The first-order chi connectivity index (χ1) is 12.1. The Bertz CT molecular complexity index is 759. The molecule has 0 saturated carbocycles. The molecule has 2 aromatic carbocycles. The smallest absolute Gasteiger partial charge is 0.269 e. The van der Waals surface area contributed by atoms with Gasteiger partial charge in [0, 0.05) is 43.9 Å². The van der Waals surface area contributed by atoms with Gasteiger partial charge in [-0.2, -0.15) is 0 Å². The maximum absolute atomic E-state index is 12.0. The van der Waals surface area contributed by atoms with E-state index in [0.717, 1.165) is 32.5 Å². The minimum absolute atomic E-state index is 0.0121. The topological polar surface area (TPSA) is 75.5 Å². The molecule has 25 heavy (non-hydrogen) atoms. The Hall–Kier alpha value is -2.73. The van der Waals surface area contributed by atoms with Crippen molar-refractivity contribution >= 4 is 11.6 Å². The molecule has 0 radical (unpaired) electrons. The number of fused-ring (bicyclic) bond motifs is 1. The van der Waals surface area contributed by atoms with Crippen LogP contribution >= 0.6 is 0 Å². The molecule has 1 heterocycles. The highest BCUT2D eigenvalue weighted by atomic mass is 16.6. The fourth-order valence-corrected chi connectivity index (χ4v) is 3.09. The Kier molecular flexibility index (Phi) is 5.40. The van der Waals surface area contributed by atoms with Crippen LogP contribution in [0.1, 0.15) is 27.9 Å². The summed E-state index contributed by atoms with van der Waals surface area (Å²) in [7, 11) is 0. The lowest BCUT2D eigenvalue weighted by atomic mass is 10.00. The van der Waals surface area contributed by atoms with Crippen LogP contribution in [0.5, 0.6) is 0 Å². The molecule has 0 aromatic heterocycles. The summed E-state index contributed by atoms with van der Waals surface area (Å²) in [5, 5.41) is 13.5. The van der Waals surface area contributed by atoms with Crippen molar-refractivity contribution in [2.75, 3.05) is 19.6 Å². The fourth-order valence-electron chi connectivity index (χ4n) is 3.09. The molecule has 1 aliphatic rings. The van der Waals surface area contributed by atoms with E-state index in [-0.39, 0.29) is 11.6 Å². The lowest BCUT2D eigenvalue weighted by Gasteiger charge is -2.28. The summed E-state index contributed by atoms with van der Waals surface area (Å²) < 4.78 is 0. The Morgan fingerprint density at radius 3 is 2.56 bits per heavy atom. The quantitative estimate of drug-likeness (QED) is 0.499. The van der Waals surface area contributed by atoms with E-state index >= 15 is 0 Å². The standard InChI is InChI=1S/C19H21N3O3/c23-19(16-6-8-18(9-7-16)22(24)25)20-11-3-12-21-13-10-15-4-1-2-5-17(15)14-21/h1-2,4-9H,3,10-14H2,(H,20,23). The van der Waals surface area contributed by atoms with Gasteiger partial charge in [-0.3, -0.25) is 19.8 Å². The average molecular weight is 339 g/mol. The molecule has 6 heteroatoms. The van der Waals surface area contributed by atoms with Gasteiger partial charge in [-0.25, -0.2) is 0 Å². The van der Waals surface area contributed by atoms with Gasteiger partial charge in [0.25, 0.3) is 11.6 Å². The highest BCUT2D eigenvalue weighted by Crippen LogP contribution is 2.18. The molecule has 0 saturated heterocycles. The number of rotatable bonds is 6. The van der Waals surface area contributed by atoms with Crippen molar-refractivity contribution in [1.82, 2.24) is 10.2 Å². The SMILES string of the molecule is O=C(NCCCN1CCc2ccccc2C1)c1ccc([N+](=O)[O-])cc1. The molecule has 0 aliphatic carbocycles. The number of nitro benzene ring substituents is 1. The van der Waals surface area contributed by atoms with E-state index in [9.17, 15) is 14.9 Å². The zero-order chi connectivity index (χ0) is 17.6. The minimum Gasteiger partial charge on any atom is -0.352 e. The number of nitro groups is 1. The van der Waals surface area contributed by atoms with Gasteiger partial charge in [0.1, 0.15) is 0 Å². The molecule has 1 aliphatic heterocycles. The lowest BCUT2D eigenvalue weighted by molar-refractivity contribution is -0.384. The molecular weight excluding hydrogens is 318 g/mol. The van der Waals surface area contributed by atoms with Crippen LogP contribution < -0.4 is 5.32 Å². The third-order valence-corrected chi connectivity index (χ3v) is 4.49. The van der Waals surface area contributed by atoms with Gasteiger partial charge in [0.2, 0.25) is 0 Å². The van der Waals surface area contributed by atoms with E-state index in [1.807, 2.05) is 0 Å². The molecule has 1 amide bonds. The Morgan fingerprint density at radius 1 is 1.12 bits per heavy atom. The zero-order valence-electron chi connectivity index (χ0n) is 14.0. The molecule has 6 nitrogen and oxygen atoms in total. The normalized spacial score (nSPS) is 13.9. The summed E-state index contributed by atoms with van der Waals surface area (Å²) in [6.45, 7) is 3.54. The van der Waals surface area contributed by atoms with Crippen LogP contribution in [0.2, 0.25) is 0 Å². The fraction of sp³-hybridized carbons (Fsp3) is 0.316. The van der Waals surface area contributed by atoms with Gasteiger partial charge in [-0.05, 0) is 36.1 Å². The number of carbonyl (C=O) groups excluding carboxylic acids is 1. The van der Waals surface area contributed by atoms with Crippen LogP contribution in [0, 0.1) is 10.1 Å². The van der Waals surface area contributed by atoms with E-state index in [2.05, 4.69) is 34.5 Å². The molecule has 1 N–H and O–H groups in total. The van der Waals surface area contributed by atoms with E-state index in [1.54, 1.807) is 0 Å². The van der Waals surface area contributed by atoms with E-state index in [4.69, 9.17) is 0 Å². The van der Waals surface area contributed by atoms with Gasteiger partial charge >= 0.3 is 0 Å². The summed E-state index contributed by atoms with van der Waals surface area (Å²) in [5.41, 5.74) is 3.26. The lowest BCUT2D eigenvalue weighted by Crippen LogP contribution is -2.33. The summed E-state index contributed by atoms with van der Waals surface area (Å²) >= 11 is 0. The Labute approximate surface area is 146 Å². The van der Waals surface area contributed by atoms with Gasteiger partial charge in [-0.15, -0.1) is 0 Å². The average Bonchev–Trinajstić information content (AvgIpc) is 2.65. The third-order valence-electron chi connectivity index (χ3n) is 4.49. The van der Waals surface area contributed by atoms with Crippen molar-refractivity contribution in [3.05, 3.63) is 75.3 Å². The maximum atomic E-state index is 12.0. The van der Waals surface area contributed by atoms with Gasteiger partial charge in [0.15, 0.2) is 0 Å². The predicted octanol–water partition coefficient (Wildman–Crippen LogP) is 2.77. The molecule has 0 bridgehead atoms. The van der Waals surface area contributed by atoms with Crippen molar-refractivity contribution in [1.29, 1.82) is 0 Å². The zero-order valence-corrected chi connectivity index (χ0v) is 14.0. The van der Waals surface area contributed by atoms with Crippen molar-refractivity contribution < 1.29 is 9.72 Å². The number of amides is 1. The first kappa shape index (κ1) is 17.1.